The molecular formula is C19H27N5O3S. The highest BCUT2D eigenvalue weighted by Gasteiger charge is 2.30. The highest BCUT2D eigenvalue weighted by molar-refractivity contribution is 7.89. The van der Waals surface area contributed by atoms with Crippen LogP contribution in [0.4, 0.5) is 0 Å². The second-order valence-electron chi connectivity index (χ2n) is 7.41. The molecule has 0 unspecified atom stereocenters. The molecule has 0 N–H and O–H groups in total. The van der Waals surface area contributed by atoms with E-state index in [0.29, 0.717) is 25.4 Å². The first-order chi connectivity index (χ1) is 13.6. The predicted molar refractivity (Wildman–Crippen MR) is 104 cm³/mol. The molecule has 1 saturated heterocycles. The monoisotopic (exact) mass is 405 g/mol. The molecule has 4 rings (SSSR count). The molecule has 1 fully saturated rings. The summed E-state index contributed by atoms with van der Waals surface area (Å²) in [6, 6.07) is 6.56. The zero-order valence-electron chi connectivity index (χ0n) is 16.2. The maximum Gasteiger partial charge on any atom is 0.243 e. The Kier molecular flexibility index (Phi) is 5.65. The summed E-state index contributed by atoms with van der Waals surface area (Å²) in [7, 11) is -2.02. The Labute approximate surface area is 166 Å². The van der Waals surface area contributed by atoms with Gasteiger partial charge in [0, 0.05) is 19.6 Å². The first-order valence-corrected chi connectivity index (χ1v) is 11.3. The molecule has 28 heavy (non-hydrogen) atoms. The van der Waals surface area contributed by atoms with Crippen LogP contribution in [0.25, 0.3) is 0 Å². The minimum Gasteiger partial charge on any atom is -0.497 e. The molecule has 1 aromatic heterocycles. The van der Waals surface area contributed by atoms with Gasteiger partial charge in [-0.3, -0.25) is 4.90 Å². The normalized spacial score (nSPS) is 19.2. The van der Waals surface area contributed by atoms with Gasteiger partial charge in [-0.15, -0.1) is 5.10 Å². The van der Waals surface area contributed by atoms with E-state index in [-0.39, 0.29) is 4.90 Å². The zero-order chi connectivity index (χ0) is 19.6. The van der Waals surface area contributed by atoms with Gasteiger partial charge in [0.15, 0.2) is 0 Å². The van der Waals surface area contributed by atoms with E-state index < -0.39 is 10.0 Å². The average molecular weight is 406 g/mol. The Balaban J connectivity index is 1.57. The molecule has 0 atom stereocenters. The number of aromatic nitrogens is 3. The third kappa shape index (κ3) is 3.92. The average Bonchev–Trinajstić information content (AvgIpc) is 2.96. The SMILES string of the molecule is COc1ccc(S(=O)(=O)N2CCCn3nnc(CN4CCCCC4)c3C2)cc1. The highest BCUT2D eigenvalue weighted by Crippen LogP contribution is 2.25. The molecule has 152 valence electrons. The van der Waals surface area contributed by atoms with Crippen molar-refractivity contribution in [1.29, 1.82) is 0 Å². The van der Waals surface area contributed by atoms with Crippen LogP contribution in [0.3, 0.4) is 0 Å². The topological polar surface area (TPSA) is 80.6 Å². The zero-order valence-corrected chi connectivity index (χ0v) is 17.1. The Bertz CT molecular complexity index is 904. The first-order valence-electron chi connectivity index (χ1n) is 9.86. The van der Waals surface area contributed by atoms with E-state index in [4.69, 9.17) is 4.74 Å². The summed E-state index contributed by atoms with van der Waals surface area (Å²) in [5.74, 6) is 0.640. The van der Waals surface area contributed by atoms with Crippen molar-refractivity contribution in [3.63, 3.8) is 0 Å². The van der Waals surface area contributed by atoms with E-state index in [2.05, 4.69) is 15.2 Å². The van der Waals surface area contributed by atoms with Gasteiger partial charge in [0.25, 0.3) is 0 Å². The number of hydrogen-bond donors (Lipinski definition) is 0. The summed E-state index contributed by atoms with van der Waals surface area (Å²) in [6.45, 7) is 4.36. The van der Waals surface area contributed by atoms with Gasteiger partial charge in [0.05, 0.1) is 24.2 Å². The summed E-state index contributed by atoms with van der Waals surface area (Å²) < 4.78 is 35.0. The van der Waals surface area contributed by atoms with Crippen LogP contribution >= 0.6 is 0 Å². The Morgan fingerprint density at radius 3 is 2.46 bits per heavy atom. The second-order valence-corrected chi connectivity index (χ2v) is 9.35. The minimum absolute atomic E-state index is 0.284. The molecule has 9 heteroatoms. The molecule has 2 aliphatic heterocycles. The maximum atomic E-state index is 13.2. The van der Waals surface area contributed by atoms with Crippen molar-refractivity contribution < 1.29 is 13.2 Å². The number of piperidine rings is 1. The van der Waals surface area contributed by atoms with Gasteiger partial charge in [-0.05, 0) is 56.6 Å². The highest BCUT2D eigenvalue weighted by atomic mass is 32.2. The van der Waals surface area contributed by atoms with Crippen LogP contribution in [0, 0.1) is 0 Å². The van der Waals surface area contributed by atoms with E-state index in [1.165, 1.54) is 19.3 Å². The summed E-state index contributed by atoms with van der Waals surface area (Å²) in [6.07, 6.45) is 4.42. The van der Waals surface area contributed by atoms with E-state index in [9.17, 15) is 8.42 Å². The van der Waals surface area contributed by atoms with E-state index >= 15 is 0 Å². The van der Waals surface area contributed by atoms with Crippen LogP contribution in [0.15, 0.2) is 29.2 Å². The van der Waals surface area contributed by atoms with Gasteiger partial charge >= 0.3 is 0 Å². The molecule has 1 aromatic carbocycles. The van der Waals surface area contributed by atoms with Crippen molar-refractivity contribution in [1.82, 2.24) is 24.2 Å². The number of likely N-dealkylation sites (tertiary alicyclic amines) is 1. The lowest BCUT2D eigenvalue weighted by molar-refractivity contribution is 0.217. The summed E-state index contributed by atoms with van der Waals surface area (Å²) in [5.41, 5.74) is 1.82. The predicted octanol–water partition coefficient (Wildman–Crippen LogP) is 1.87. The molecule has 8 nitrogen and oxygen atoms in total. The second kappa shape index (κ2) is 8.18. The summed E-state index contributed by atoms with van der Waals surface area (Å²) >= 11 is 0. The molecule has 0 bridgehead atoms. The van der Waals surface area contributed by atoms with Crippen molar-refractivity contribution >= 4 is 10.0 Å². The number of sulfonamides is 1. The van der Waals surface area contributed by atoms with Crippen LogP contribution in [-0.4, -0.2) is 59.4 Å². The van der Waals surface area contributed by atoms with Gasteiger partial charge in [-0.1, -0.05) is 11.6 Å². The van der Waals surface area contributed by atoms with E-state index in [0.717, 1.165) is 37.4 Å². The number of aryl methyl sites for hydroxylation is 1. The minimum atomic E-state index is -3.59. The third-order valence-corrected chi connectivity index (χ3v) is 7.40. The van der Waals surface area contributed by atoms with Crippen LogP contribution < -0.4 is 4.74 Å². The van der Waals surface area contributed by atoms with Crippen molar-refractivity contribution in [2.24, 2.45) is 0 Å². The number of benzene rings is 1. The lowest BCUT2D eigenvalue weighted by Crippen LogP contribution is -2.32. The van der Waals surface area contributed by atoms with Crippen LogP contribution in [0.5, 0.6) is 5.75 Å². The maximum absolute atomic E-state index is 13.2. The Hall–Kier alpha value is -1.97. The van der Waals surface area contributed by atoms with Crippen LogP contribution in [0.2, 0.25) is 0 Å². The lowest BCUT2D eigenvalue weighted by Gasteiger charge is -2.26. The molecule has 0 amide bonds. The standard InChI is InChI=1S/C19H27N5O3S/c1-27-16-6-8-17(9-7-16)28(25,26)23-12-5-13-24-19(15-23)18(20-21-24)14-22-10-3-2-4-11-22/h6-9H,2-5,10-15H2,1H3. The van der Waals surface area contributed by atoms with Gasteiger partial charge in [-0.25, -0.2) is 13.1 Å². The Morgan fingerprint density at radius 1 is 1.00 bits per heavy atom. The molecule has 0 radical (unpaired) electrons. The molecule has 0 spiro atoms. The largest absolute Gasteiger partial charge is 0.497 e. The van der Waals surface area contributed by atoms with Crippen LogP contribution in [-0.2, 0) is 29.7 Å². The fourth-order valence-electron chi connectivity index (χ4n) is 3.92. The van der Waals surface area contributed by atoms with Crippen molar-refractivity contribution in [2.75, 3.05) is 26.7 Å². The number of hydrogen-bond acceptors (Lipinski definition) is 6. The fourth-order valence-corrected chi connectivity index (χ4v) is 5.36. The Morgan fingerprint density at radius 2 is 1.75 bits per heavy atom. The molecule has 2 aliphatic rings. The van der Waals surface area contributed by atoms with Crippen molar-refractivity contribution in [2.45, 2.75) is 50.2 Å². The van der Waals surface area contributed by atoms with Gasteiger partial charge in [0.1, 0.15) is 11.4 Å². The van der Waals surface area contributed by atoms with Gasteiger partial charge < -0.3 is 4.74 Å². The lowest BCUT2D eigenvalue weighted by atomic mass is 10.1. The van der Waals surface area contributed by atoms with Gasteiger partial charge in [0.2, 0.25) is 10.0 Å². The first kappa shape index (κ1) is 19.4. The summed E-state index contributed by atoms with van der Waals surface area (Å²) in [4.78, 5) is 2.67. The number of methoxy groups -OCH3 is 1. The van der Waals surface area contributed by atoms with E-state index in [1.54, 1.807) is 35.7 Å². The fraction of sp³-hybridized carbons (Fsp3) is 0.579. The number of fused-ring (bicyclic) bond motifs is 1. The van der Waals surface area contributed by atoms with E-state index in [1.807, 2.05) is 4.68 Å². The number of rotatable bonds is 5. The number of ether oxygens (including phenoxy) is 1. The van der Waals surface area contributed by atoms with Crippen molar-refractivity contribution in [3.8, 4) is 5.75 Å². The van der Waals surface area contributed by atoms with Gasteiger partial charge in [-0.2, -0.15) is 4.31 Å². The molecular weight excluding hydrogens is 378 g/mol. The van der Waals surface area contributed by atoms with Crippen molar-refractivity contribution in [3.05, 3.63) is 35.7 Å². The molecule has 0 aliphatic carbocycles. The molecule has 2 aromatic rings. The quantitative estimate of drug-likeness (QED) is 0.755. The summed E-state index contributed by atoms with van der Waals surface area (Å²) in [5, 5.41) is 8.67. The molecule has 0 saturated carbocycles. The third-order valence-electron chi connectivity index (χ3n) is 5.54. The number of nitrogens with zero attached hydrogens (tertiary/aromatic N) is 5. The van der Waals surface area contributed by atoms with Crippen LogP contribution in [0.1, 0.15) is 37.1 Å². The smallest absolute Gasteiger partial charge is 0.243 e. The molecule has 3 heterocycles.